The zero-order chi connectivity index (χ0) is 24.0. The van der Waals surface area contributed by atoms with Gasteiger partial charge in [-0.1, -0.05) is 23.7 Å². The number of aryl methyl sites for hydroxylation is 2. The third-order valence-corrected chi connectivity index (χ3v) is 5.37. The molecule has 2 amide bonds. The summed E-state index contributed by atoms with van der Waals surface area (Å²) in [6.45, 7) is 5.56. The molecule has 0 aromatic heterocycles. The Kier molecular flexibility index (Phi) is 7.79. The van der Waals surface area contributed by atoms with Crippen molar-refractivity contribution < 1.29 is 18.7 Å². The summed E-state index contributed by atoms with van der Waals surface area (Å²) in [6.07, 6.45) is 0. The van der Waals surface area contributed by atoms with Crippen molar-refractivity contribution in [3.63, 3.8) is 0 Å². The number of halogens is 2. The van der Waals surface area contributed by atoms with Crippen molar-refractivity contribution in [3.05, 3.63) is 93.8 Å². The summed E-state index contributed by atoms with van der Waals surface area (Å²) in [4.78, 5) is 24.2. The molecule has 8 heteroatoms. The molecule has 3 rings (SSSR count). The second-order valence-corrected chi connectivity index (χ2v) is 7.81. The molecule has 0 radical (unpaired) electrons. The standard InChI is InChI=1S/C25H23ClFN3O3/c1-15-7-10-19(13-16(15)2)28-24(31)25(32)30-29-17(3)18-8-11-20(12-9-18)33-14-21-22(26)5-4-6-23(21)27/h4-13H,14H2,1-3H3,(H,28,31)(H,30,32)/b29-17+. The molecule has 6 nitrogen and oxygen atoms in total. The number of benzene rings is 3. The van der Waals surface area contributed by atoms with E-state index in [1.165, 1.54) is 12.1 Å². The smallest absolute Gasteiger partial charge is 0.329 e. The monoisotopic (exact) mass is 467 g/mol. The van der Waals surface area contributed by atoms with Gasteiger partial charge in [0.1, 0.15) is 18.2 Å². The second-order valence-electron chi connectivity index (χ2n) is 7.40. The van der Waals surface area contributed by atoms with E-state index in [1.807, 2.05) is 19.9 Å². The van der Waals surface area contributed by atoms with Gasteiger partial charge in [-0.3, -0.25) is 9.59 Å². The minimum atomic E-state index is -0.880. The van der Waals surface area contributed by atoms with Crippen LogP contribution in [0.25, 0.3) is 0 Å². The summed E-state index contributed by atoms with van der Waals surface area (Å²) in [5, 5.41) is 6.82. The Morgan fingerprint density at radius 1 is 1.00 bits per heavy atom. The lowest BCUT2D eigenvalue weighted by molar-refractivity contribution is -0.136. The van der Waals surface area contributed by atoms with Gasteiger partial charge in [0.05, 0.1) is 10.7 Å². The van der Waals surface area contributed by atoms with Crippen LogP contribution in [0.1, 0.15) is 29.2 Å². The van der Waals surface area contributed by atoms with Crippen LogP contribution in [0.3, 0.4) is 0 Å². The molecule has 170 valence electrons. The Morgan fingerprint density at radius 2 is 1.73 bits per heavy atom. The summed E-state index contributed by atoms with van der Waals surface area (Å²) in [5.41, 5.74) is 6.36. The lowest BCUT2D eigenvalue weighted by atomic mass is 10.1. The topological polar surface area (TPSA) is 79.8 Å². The molecule has 0 bridgehead atoms. The van der Waals surface area contributed by atoms with E-state index in [9.17, 15) is 14.0 Å². The van der Waals surface area contributed by atoms with Gasteiger partial charge in [0.2, 0.25) is 0 Å². The molecule has 0 atom stereocenters. The van der Waals surface area contributed by atoms with Crippen LogP contribution in [-0.2, 0) is 16.2 Å². The maximum Gasteiger partial charge on any atom is 0.329 e. The maximum atomic E-state index is 13.8. The number of carbonyl (C=O) groups is 2. The van der Waals surface area contributed by atoms with Gasteiger partial charge in [-0.15, -0.1) is 0 Å². The molecular formula is C25H23ClFN3O3. The van der Waals surface area contributed by atoms with E-state index >= 15 is 0 Å². The Balaban J connectivity index is 1.56. The third-order valence-electron chi connectivity index (χ3n) is 5.01. The van der Waals surface area contributed by atoms with E-state index in [0.717, 1.165) is 11.1 Å². The Labute approximate surface area is 196 Å². The molecule has 0 aliphatic heterocycles. The fourth-order valence-corrected chi connectivity index (χ4v) is 3.09. The molecule has 0 saturated carbocycles. The fraction of sp³-hybridized carbons (Fsp3) is 0.160. The van der Waals surface area contributed by atoms with Crippen LogP contribution in [0, 0.1) is 19.7 Å². The first-order valence-electron chi connectivity index (χ1n) is 10.1. The first-order chi connectivity index (χ1) is 15.7. The van der Waals surface area contributed by atoms with E-state index in [-0.39, 0.29) is 12.2 Å². The van der Waals surface area contributed by atoms with E-state index in [4.69, 9.17) is 16.3 Å². The van der Waals surface area contributed by atoms with E-state index < -0.39 is 17.6 Å². The van der Waals surface area contributed by atoms with Gasteiger partial charge < -0.3 is 10.1 Å². The number of hydrogen-bond donors (Lipinski definition) is 2. The van der Waals surface area contributed by atoms with Crippen molar-refractivity contribution >= 4 is 34.8 Å². The number of nitrogens with one attached hydrogen (secondary N) is 2. The van der Waals surface area contributed by atoms with Gasteiger partial charge in [0.25, 0.3) is 0 Å². The van der Waals surface area contributed by atoms with Crippen LogP contribution in [-0.4, -0.2) is 17.5 Å². The van der Waals surface area contributed by atoms with Crippen LogP contribution in [0.4, 0.5) is 10.1 Å². The van der Waals surface area contributed by atoms with Crippen LogP contribution in [0.5, 0.6) is 5.75 Å². The van der Waals surface area contributed by atoms with Gasteiger partial charge >= 0.3 is 11.8 Å². The van der Waals surface area contributed by atoms with Crippen molar-refractivity contribution in [1.29, 1.82) is 0 Å². The molecule has 0 spiro atoms. The largest absolute Gasteiger partial charge is 0.489 e. The number of nitrogens with zero attached hydrogens (tertiary/aromatic N) is 1. The summed E-state index contributed by atoms with van der Waals surface area (Å²) in [6, 6.07) is 16.7. The highest BCUT2D eigenvalue weighted by Gasteiger charge is 2.14. The van der Waals surface area contributed by atoms with E-state index in [0.29, 0.717) is 27.7 Å². The highest BCUT2D eigenvalue weighted by Crippen LogP contribution is 2.22. The van der Waals surface area contributed by atoms with Gasteiger partial charge in [-0.2, -0.15) is 5.10 Å². The van der Waals surface area contributed by atoms with Gasteiger partial charge in [0, 0.05) is 11.3 Å². The van der Waals surface area contributed by atoms with Gasteiger partial charge in [-0.25, -0.2) is 9.82 Å². The highest BCUT2D eigenvalue weighted by molar-refractivity contribution is 6.39. The zero-order valence-corrected chi connectivity index (χ0v) is 19.2. The van der Waals surface area contributed by atoms with Crippen LogP contribution >= 0.6 is 11.6 Å². The molecule has 3 aromatic carbocycles. The summed E-state index contributed by atoms with van der Waals surface area (Å²) in [5.74, 6) is -1.61. The number of ether oxygens (including phenoxy) is 1. The number of hydrazone groups is 1. The quantitative estimate of drug-likeness (QED) is 0.299. The molecule has 0 fully saturated rings. The molecule has 3 aromatic rings. The molecular weight excluding hydrogens is 445 g/mol. The maximum absolute atomic E-state index is 13.8. The predicted octanol–water partition coefficient (Wildman–Crippen LogP) is 5.15. The number of anilines is 1. The second kappa shape index (κ2) is 10.7. The number of amides is 2. The van der Waals surface area contributed by atoms with Crippen LogP contribution in [0.15, 0.2) is 65.8 Å². The van der Waals surface area contributed by atoms with Crippen molar-refractivity contribution in [2.45, 2.75) is 27.4 Å². The average Bonchev–Trinajstić information content (AvgIpc) is 2.79. The minimum Gasteiger partial charge on any atom is -0.489 e. The minimum absolute atomic E-state index is 0.0103. The third kappa shape index (κ3) is 6.40. The molecule has 2 N–H and O–H groups in total. The van der Waals surface area contributed by atoms with Gasteiger partial charge in [0.15, 0.2) is 0 Å². The molecule has 0 aliphatic carbocycles. The Morgan fingerprint density at radius 3 is 2.39 bits per heavy atom. The predicted molar refractivity (Wildman–Crippen MR) is 127 cm³/mol. The molecule has 0 heterocycles. The first-order valence-corrected chi connectivity index (χ1v) is 10.5. The normalized spacial score (nSPS) is 11.1. The zero-order valence-electron chi connectivity index (χ0n) is 18.4. The highest BCUT2D eigenvalue weighted by atomic mass is 35.5. The number of carbonyl (C=O) groups excluding carboxylic acids is 2. The Bertz CT molecular complexity index is 1190. The molecule has 0 unspecified atom stereocenters. The van der Waals surface area contributed by atoms with Gasteiger partial charge in [-0.05, 0) is 86.0 Å². The van der Waals surface area contributed by atoms with Crippen molar-refractivity contribution in [1.82, 2.24) is 5.43 Å². The van der Waals surface area contributed by atoms with Crippen molar-refractivity contribution in [2.24, 2.45) is 5.10 Å². The summed E-state index contributed by atoms with van der Waals surface area (Å²) < 4.78 is 19.4. The summed E-state index contributed by atoms with van der Waals surface area (Å²) in [7, 11) is 0. The Hall–Kier alpha value is -3.71. The molecule has 0 saturated heterocycles. The SMILES string of the molecule is C/C(=N\NC(=O)C(=O)Nc1ccc(C)c(C)c1)c1ccc(OCc2c(F)cccc2Cl)cc1. The van der Waals surface area contributed by atoms with Crippen molar-refractivity contribution in [2.75, 3.05) is 5.32 Å². The lowest BCUT2D eigenvalue weighted by Crippen LogP contribution is -2.33. The van der Waals surface area contributed by atoms with E-state index in [1.54, 1.807) is 49.4 Å². The number of rotatable bonds is 6. The summed E-state index contributed by atoms with van der Waals surface area (Å²) >= 11 is 6.00. The molecule has 0 aliphatic rings. The van der Waals surface area contributed by atoms with Crippen LogP contribution < -0.4 is 15.5 Å². The fourth-order valence-electron chi connectivity index (χ4n) is 2.88. The lowest BCUT2D eigenvalue weighted by Gasteiger charge is -2.09. The van der Waals surface area contributed by atoms with Crippen molar-refractivity contribution in [3.8, 4) is 5.75 Å². The molecule has 33 heavy (non-hydrogen) atoms. The van der Waals surface area contributed by atoms with Crippen LogP contribution in [0.2, 0.25) is 5.02 Å². The average molecular weight is 468 g/mol. The van der Waals surface area contributed by atoms with E-state index in [2.05, 4.69) is 15.8 Å². The first kappa shape index (κ1) is 23.9. The number of hydrogen-bond acceptors (Lipinski definition) is 4.